The zero-order valence-corrected chi connectivity index (χ0v) is 11.5. The van der Waals surface area contributed by atoms with Crippen molar-refractivity contribution in [2.75, 3.05) is 31.9 Å². The Morgan fingerprint density at radius 2 is 1.76 bits per heavy atom. The largest absolute Gasteiger partial charge is 0.386 e. The molecular weight excluding hydrogens is 240 g/mol. The Hall–Kier alpha value is -0.660. The molecule has 0 aromatic rings. The maximum absolute atomic E-state index is 11.7. The van der Waals surface area contributed by atoms with Crippen LogP contribution in [-0.4, -0.2) is 60.9 Å². The van der Waals surface area contributed by atoms with Gasteiger partial charge in [-0.3, -0.25) is 10.3 Å². The first-order valence-corrected chi connectivity index (χ1v) is 7.40. The van der Waals surface area contributed by atoms with E-state index < -0.39 is 15.6 Å². The van der Waals surface area contributed by atoms with Crippen molar-refractivity contribution in [1.29, 1.82) is 5.41 Å². The summed E-state index contributed by atoms with van der Waals surface area (Å²) in [6.07, 6.45) is 0. The lowest BCUT2D eigenvalue weighted by Crippen LogP contribution is -2.60. The standard InChI is InChI=1S/C10H22N4O2S/c1-4-17(15,16)14-7-5-13(6-8-14)10(2,3)9(11)12/h4-8H2,1-3H3,(H3,11,12). The van der Waals surface area contributed by atoms with E-state index in [2.05, 4.69) is 4.90 Å². The summed E-state index contributed by atoms with van der Waals surface area (Å²) in [6, 6.07) is 0. The zero-order chi connectivity index (χ0) is 13.3. The molecule has 0 unspecified atom stereocenters. The molecule has 1 aliphatic heterocycles. The minimum atomic E-state index is -3.09. The van der Waals surface area contributed by atoms with Crippen LogP contribution in [0.5, 0.6) is 0 Å². The van der Waals surface area contributed by atoms with Gasteiger partial charge in [-0.1, -0.05) is 0 Å². The maximum atomic E-state index is 11.7. The molecule has 0 atom stereocenters. The summed E-state index contributed by atoms with van der Waals surface area (Å²) >= 11 is 0. The zero-order valence-electron chi connectivity index (χ0n) is 10.7. The first-order chi connectivity index (χ1) is 7.71. The van der Waals surface area contributed by atoms with Crippen LogP contribution < -0.4 is 5.73 Å². The third kappa shape index (κ3) is 2.97. The normalized spacial score (nSPS) is 20.4. The molecule has 1 fully saturated rings. The number of nitrogens with zero attached hydrogens (tertiary/aromatic N) is 2. The van der Waals surface area contributed by atoms with Crippen LogP contribution in [0.1, 0.15) is 20.8 Å². The van der Waals surface area contributed by atoms with Crippen LogP contribution in [-0.2, 0) is 10.0 Å². The number of rotatable bonds is 4. The Bertz CT molecular complexity index is 383. The molecule has 0 bridgehead atoms. The highest BCUT2D eigenvalue weighted by Gasteiger charge is 2.34. The average molecular weight is 262 g/mol. The molecule has 1 aliphatic rings. The lowest BCUT2D eigenvalue weighted by atomic mass is 10.0. The van der Waals surface area contributed by atoms with Crippen LogP contribution in [0.2, 0.25) is 0 Å². The SMILES string of the molecule is CCS(=O)(=O)N1CCN(C(C)(C)C(=N)N)CC1. The van der Waals surface area contributed by atoms with E-state index in [1.807, 2.05) is 13.8 Å². The summed E-state index contributed by atoms with van der Waals surface area (Å²) in [5.74, 6) is 0.257. The number of piperazine rings is 1. The quantitative estimate of drug-likeness (QED) is 0.536. The van der Waals surface area contributed by atoms with Crippen LogP contribution in [0, 0.1) is 5.41 Å². The van der Waals surface area contributed by atoms with Crippen molar-refractivity contribution in [3.05, 3.63) is 0 Å². The molecule has 0 aliphatic carbocycles. The Balaban J connectivity index is 2.67. The maximum Gasteiger partial charge on any atom is 0.213 e. The fourth-order valence-electron chi connectivity index (χ4n) is 1.88. The first-order valence-electron chi connectivity index (χ1n) is 5.79. The van der Waals surface area contributed by atoms with Crippen molar-refractivity contribution in [3.63, 3.8) is 0 Å². The number of amidine groups is 1. The van der Waals surface area contributed by atoms with Crippen molar-refractivity contribution in [1.82, 2.24) is 9.21 Å². The molecule has 17 heavy (non-hydrogen) atoms. The van der Waals surface area contributed by atoms with Gasteiger partial charge in [0.05, 0.1) is 11.3 Å². The van der Waals surface area contributed by atoms with Gasteiger partial charge >= 0.3 is 0 Å². The molecular formula is C10H22N4O2S. The lowest BCUT2D eigenvalue weighted by Gasteiger charge is -2.42. The summed E-state index contributed by atoms with van der Waals surface area (Å²) in [4.78, 5) is 2.05. The smallest absolute Gasteiger partial charge is 0.213 e. The molecule has 1 saturated heterocycles. The summed E-state index contributed by atoms with van der Waals surface area (Å²) in [7, 11) is -3.09. The van der Waals surface area contributed by atoms with Gasteiger partial charge in [-0.15, -0.1) is 0 Å². The third-order valence-electron chi connectivity index (χ3n) is 3.45. The number of sulfonamides is 1. The van der Waals surface area contributed by atoms with Crippen LogP contribution >= 0.6 is 0 Å². The van der Waals surface area contributed by atoms with Gasteiger partial charge in [0.15, 0.2) is 0 Å². The molecule has 0 radical (unpaired) electrons. The number of hydrogen-bond acceptors (Lipinski definition) is 4. The van der Waals surface area contributed by atoms with E-state index in [1.54, 1.807) is 6.92 Å². The molecule has 0 spiro atoms. The van der Waals surface area contributed by atoms with Crippen LogP contribution in [0.25, 0.3) is 0 Å². The highest BCUT2D eigenvalue weighted by molar-refractivity contribution is 7.89. The van der Waals surface area contributed by atoms with Gasteiger partial charge in [0, 0.05) is 26.2 Å². The summed E-state index contributed by atoms with van der Waals surface area (Å²) in [5.41, 5.74) is 5.06. The second-order valence-electron chi connectivity index (χ2n) is 4.76. The predicted octanol–water partition coefficient (Wildman–Crippen LogP) is -0.332. The summed E-state index contributed by atoms with van der Waals surface area (Å²) in [5, 5.41) is 7.55. The monoisotopic (exact) mass is 262 g/mol. The fourth-order valence-corrected chi connectivity index (χ4v) is 2.96. The summed E-state index contributed by atoms with van der Waals surface area (Å²) in [6.45, 7) is 7.62. The molecule has 0 aromatic heterocycles. The highest BCUT2D eigenvalue weighted by Crippen LogP contribution is 2.18. The van der Waals surface area contributed by atoms with Crippen molar-refractivity contribution in [2.24, 2.45) is 5.73 Å². The molecule has 0 saturated carbocycles. The van der Waals surface area contributed by atoms with Crippen molar-refractivity contribution >= 4 is 15.9 Å². The van der Waals surface area contributed by atoms with E-state index in [9.17, 15) is 8.42 Å². The molecule has 100 valence electrons. The van der Waals surface area contributed by atoms with Gasteiger partial charge in [0.25, 0.3) is 0 Å². The fraction of sp³-hybridized carbons (Fsp3) is 0.900. The van der Waals surface area contributed by atoms with Crippen molar-refractivity contribution in [2.45, 2.75) is 26.3 Å². The van der Waals surface area contributed by atoms with Gasteiger partial charge in [0.2, 0.25) is 10.0 Å². The summed E-state index contributed by atoms with van der Waals surface area (Å²) < 4.78 is 24.9. The molecule has 1 heterocycles. The number of nitrogens with two attached hydrogens (primary N) is 1. The third-order valence-corrected chi connectivity index (χ3v) is 5.33. The Labute approximate surface area is 103 Å². The lowest BCUT2D eigenvalue weighted by molar-refractivity contribution is 0.121. The van der Waals surface area contributed by atoms with E-state index in [1.165, 1.54) is 4.31 Å². The minimum Gasteiger partial charge on any atom is -0.386 e. The second kappa shape index (κ2) is 4.91. The Morgan fingerprint density at radius 1 is 1.29 bits per heavy atom. The molecule has 7 heteroatoms. The van der Waals surface area contributed by atoms with Crippen molar-refractivity contribution in [3.8, 4) is 0 Å². The van der Waals surface area contributed by atoms with Crippen LogP contribution in [0.3, 0.4) is 0 Å². The van der Waals surface area contributed by atoms with E-state index in [-0.39, 0.29) is 11.6 Å². The first kappa shape index (κ1) is 14.4. The molecule has 0 aromatic carbocycles. The van der Waals surface area contributed by atoms with Crippen LogP contribution in [0.15, 0.2) is 0 Å². The molecule has 0 amide bonds. The Morgan fingerprint density at radius 3 is 2.12 bits per heavy atom. The molecule has 6 nitrogen and oxygen atoms in total. The minimum absolute atomic E-state index is 0.115. The van der Waals surface area contributed by atoms with Gasteiger partial charge in [-0.25, -0.2) is 8.42 Å². The second-order valence-corrected chi connectivity index (χ2v) is 7.02. The highest BCUT2D eigenvalue weighted by atomic mass is 32.2. The van der Waals surface area contributed by atoms with Gasteiger partial charge in [0.1, 0.15) is 5.84 Å². The molecule has 3 N–H and O–H groups in total. The number of nitrogens with one attached hydrogen (secondary N) is 1. The topological polar surface area (TPSA) is 90.5 Å². The Kier molecular flexibility index (Phi) is 4.16. The predicted molar refractivity (Wildman–Crippen MR) is 68.6 cm³/mol. The van der Waals surface area contributed by atoms with Crippen molar-refractivity contribution < 1.29 is 8.42 Å². The van der Waals surface area contributed by atoms with E-state index >= 15 is 0 Å². The van der Waals surface area contributed by atoms with E-state index in [0.717, 1.165) is 0 Å². The average Bonchev–Trinajstić information content (AvgIpc) is 2.29. The van der Waals surface area contributed by atoms with Crippen LogP contribution in [0.4, 0.5) is 0 Å². The number of hydrogen-bond donors (Lipinski definition) is 2. The van der Waals surface area contributed by atoms with Gasteiger partial charge in [-0.2, -0.15) is 4.31 Å². The van der Waals surface area contributed by atoms with E-state index in [0.29, 0.717) is 26.2 Å². The van der Waals surface area contributed by atoms with Gasteiger partial charge in [-0.05, 0) is 20.8 Å². The molecule has 1 rings (SSSR count). The van der Waals surface area contributed by atoms with Gasteiger partial charge < -0.3 is 5.73 Å². The van der Waals surface area contributed by atoms with E-state index in [4.69, 9.17) is 11.1 Å².